The van der Waals surface area contributed by atoms with Gasteiger partial charge in [-0.05, 0) is 42.5 Å². The van der Waals surface area contributed by atoms with Gasteiger partial charge in [-0.3, -0.25) is 0 Å². The number of nitrogens with zero attached hydrogens (tertiary/aromatic N) is 4. The maximum Gasteiger partial charge on any atom is 0.237 e. The fourth-order valence-electron chi connectivity index (χ4n) is 2.27. The molecule has 0 aliphatic rings. The van der Waals surface area contributed by atoms with Crippen molar-refractivity contribution in [1.82, 2.24) is 19.8 Å². The van der Waals surface area contributed by atoms with E-state index in [1.807, 2.05) is 18.2 Å². The Morgan fingerprint density at radius 2 is 1.71 bits per heavy atom. The van der Waals surface area contributed by atoms with E-state index < -0.39 is 0 Å². The van der Waals surface area contributed by atoms with Crippen LogP contribution in [0, 0.1) is 0 Å². The molecule has 0 aliphatic heterocycles. The third kappa shape index (κ3) is 2.63. The van der Waals surface area contributed by atoms with Crippen LogP contribution >= 0.6 is 11.6 Å². The first kappa shape index (κ1) is 14.5. The Balaban J connectivity index is 1.76. The van der Waals surface area contributed by atoms with Gasteiger partial charge in [0, 0.05) is 11.6 Å². The lowest BCUT2D eigenvalue weighted by atomic mass is 10.2. The number of rotatable bonds is 3. The van der Waals surface area contributed by atoms with Crippen LogP contribution in [-0.2, 0) is 0 Å². The van der Waals surface area contributed by atoms with E-state index in [1.54, 1.807) is 47.0 Å². The van der Waals surface area contributed by atoms with Crippen molar-refractivity contribution in [3.63, 3.8) is 0 Å². The highest BCUT2D eigenvalue weighted by Crippen LogP contribution is 2.27. The Labute approximate surface area is 141 Å². The van der Waals surface area contributed by atoms with Gasteiger partial charge in [0.2, 0.25) is 5.88 Å². The number of aromatic nitrogens is 4. The maximum atomic E-state index is 9.32. The quantitative estimate of drug-likeness (QED) is 0.612. The predicted molar refractivity (Wildman–Crippen MR) is 89.4 cm³/mol. The summed E-state index contributed by atoms with van der Waals surface area (Å²) in [4.78, 5) is 0. The number of halogens is 1. The monoisotopic (exact) mass is 338 g/mol. The first-order chi connectivity index (χ1) is 11.7. The fraction of sp³-hybridized carbons (Fsp3) is 0. The molecule has 0 aliphatic carbocycles. The van der Waals surface area contributed by atoms with Gasteiger partial charge in [0.1, 0.15) is 11.5 Å². The van der Waals surface area contributed by atoms with E-state index in [4.69, 9.17) is 16.3 Å². The maximum absolute atomic E-state index is 9.32. The standard InChI is InChI=1S/C17H11ClN4O2/c18-14-4-2-1-3-13(14)17-20-19-15-9-10-16(21-22(15)17)24-12-7-5-11(23)6-8-12/h1-10,23H. The number of benzene rings is 2. The molecule has 0 bridgehead atoms. The summed E-state index contributed by atoms with van der Waals surface area (Å²) in [5.74, 6) is 1.64. The average Bonchev–Trinajstić information content (AvgIpc) is 3.00. The molecule has 6 nitrogen and oxygen atoms in total. The summed E-state index contributed by atoms with van der Waals surface area (Å²) in [6.45, 7) is 0. The van der Waals surface area contributed by atoms with E-state index in [0.29, 0.717) is 28.1 Å². The second-order valence-electron chi connectivity index (χ2n) is 5.04. The Bertz CT molecular complexity index is 1010. The second kappa shape index (κ2) is 5.82. The van der Waals surface area contributed by atoms with Gasteiger partial charge in [0.25, 0.3) is 0 Å². The number of ether oxygens (including phenoxy) is 1. The molecule has 0 atom stereocenters. The normalized spacial score (nSPS) is 10.9. The molecular weight excluding hydrogens is 328 g/mol. The number of hydrogen-bond acceptors (Lipinski definition) is 5. The lowest BCUT2D eigenvalue weighted by molar-refractivity contribution is 0.446. The van der Waals surface area contributed by atoms with Crippen LogP contribution in [0.2, 0.25) is 5.02 Å². The minimum Gasteiger partial charge on any atom is -0.508 e. The zero-order chi connectivity index (χ0) is 16.5. The van der Waals surface area contributed by atoms with Gasteiger partial charge in [-0.2, -0.15) is 4.52 Å². The highest BCUT2D eigenvalue weighted by Gasteiger charge is 2.13. The number of aromatic hydroxyl groups is 1. The molecule has 0 spiro atoms. The summed E-state index contributed by atoms with van der Waals surface area (Å²) in [6, 6.07) is 17.2. The van der Waals surface area contributed by atoms with Gasteiger partial charge < -0.3 is 9.84 Å². The largest absolute Gasteiger partial charge is 0.508 e. The second-order valence-corrected chi connectivity index (χ2v) is 5.45. The first-order valence-corrected chi connectivity index (χ1v) is 7.53. The molecule has 4 rings (SSSR count). The fourth-order valence-corrected chi connectivity index (χ4v) is 2.49. The van der Waals surface area contributed by atoms with Crippen molar-refractivity contribution in [2.75, 3.05) is 0 Å². The molecule has 0 unspecified atom stereocenters. The molecule has 0 saturated carbocycles. The Kier molecular flexibility index (Phi) is 3.51. The lowest BCUT2D eigenvalue weighted by Gasteiger charge is -2.06. The molecule has 0 saturated heterocycles. The van der Waals surface area contributed by atoms with Crippen LogP contribution in [-0.4, -0.2) is 24.9 Å². The third-order valence-electron chi connectivity index (χ3n) is 3.41. The number of phenols is 1. The van der Waals surface area contributed by atoms with Crippen LogP contribution < -0.4 is 4.74 Å². The summed E-state index contributed by atoms with van der Waals surface area (Å²) in [7, 11) is 0. The Hall–Kier alpha value is -3.12. The van der Waals surface area contributed by atoms with Crippen molar-refractivity contribution in [2.24, 2.45) is 0 Å². The van der Waals surface area contributed by atoms with Crippen LogP contribution in [0.5, 0.6) is 17.4 Å². The molecule has 7 heteroatoms. The van der Waals surface area contributed by atoms with Crippen molar-refractivity contribution in [2.45, 2.75) is 0 Å². The zero-order valence-electron chi connectivity index (χ0n) is 12.3. The van der Waals surface area contributed by atoms with Gasteiger partial charge in [-0.1, -0.05) is 23.7 Å². The van der Waals surface area contributed by atoms with E-state index in [0.717, 1.165) is 5.56 Å². The van der Waals surface area contributed by atoms with Crippen molar-refractivity contribution in [3.05, 3.63) is 65.7 Å². The van der Waals surface area contributed by atoms with Crippen molar-refractivity contribution < 1.29 is 9.84 Å². The number of hydrogen-bond donors (Lipinski definition) is 1. The van der Waals surface area contributed by atoms with Crippen molar-refractivity contribution in [3.8, 4) is 28.8 Å². The molecule has 2 aromatic carbocycles. The SMILES string of the molecule is Oc1ccc(Oc2ccc3nnc(-c4ccccc4Cl)n3n2)cc1. The molecule has 1 N–H and O–H groups in total. The Morgan fingerprint density at radius 1 is 0.917 bits per heavy atom. The van der Waals surface area contributed by atoms with Gasteiger partial charge >= 0.3 is 0 Å². The van der Waals surface area contributed by atoms with E-state index in [1.165, 1.54) is 0 Å². The van der Waals surface area contributed by atoms with Crippen LogP contribution in [0.1, 0.15) is 0 Å². The molecule has 0 fully saturated rings. The van der Waals surface area contributed by atoms with Gasteiger partial charge in [0.05, 0.1) is 5.02 Å². The number of phenolic OH excluding ortho intramolecular Hbond substituents is 1. The van der Waals surface area contributed by atoms with Gasteiger partial charge in [-0.15, -0.1) is 15.3 Å². The summed E-state index contributed by atoms with van der Waals surface area (Å²) >= 11 is 6.24. The molecular formula is C17H11ClN4O2. The summed E-state index contributed by atoms with van der Waals surface area (Å²) in [5, 5.41) is 22.6. The summed E-state index contributed by atoms with van der Waals surface area (Å²) < 4.78 is 7.28. The molecule has 0 amide bonds. The smallest absolute Gasteiger partial charge is 0.237 e. The van der Waals surface area contributed by atoms with Crippen LogP contribution in [0.4, 0.5) is 0 Å². The van der Waals surface area contributed by atoms with E-state index in [2.05, 4.69) is 15.3 Å². The molecule has 24 heavy (non-hydrogen) atoms. The van der Waals surface area contributed by atoms with E-state index >= 15 is 0 Å². The lowest BCUT2D eigenvalue weighted by Crippen LogP contribution is -1.98. The van der Waals surface area contributed by atoms with Crippen molar-refractivity contribution >= 4 is 17.2 Å². The highest BCUT2D eigenvalue weighted by molar-refractivity contribution is 6.33. The van der Waals surface area contributed by atoms with Crippen LogP contribution in [0.15, 0.2) is 60.7 Å². The Morgan fingerprint density at radius 3 is 2.50 bits per heavy atom. The molecule has 118 valence electrons. The average molecular weight is 339 g/mol. The summed E-state index contributed by atoms with van der Waals surface area (Å²) in [5.41, 5.74) is 1.32. The minimum absolute atomic E-state index is 0.172. The van der Waals surface area contributed by atoms with Crippen LogP contribution in [0.25, 0.3) is 17.0 Å². The van der Waals surface area contributed by atoms with E-state index in [-0.39, 0.29) is 5.75 Å². The third-order valence-corrected chi connectivity index (χ3v) is 3.74. The minimum atomic E-state index is 0.172. The van der Waals surface area contributed by atoms with Crippen molar-refractivity contribution in [1.29, 1.82) is 0 Å². The molecule has 2 aromatic heterocycles. The van der Waals surface area contributed by atoms with Crippen LogP contribution in [0.3, 0.4) is 0 Å². The molecule has 4 aromatic rings. The first-order valence-electron chi connectivity index (χ1n) is 7.15. The van der Waals surface area contributed by atoms with E-state index in [9.17, 15) is 5.11 Å². The molecule has 2 heterocycles. The number of fused-ring (bicyclic) bond motifs is 1. The van der Waals surface area contributed by atoms with Gasteiger partial charge in [0.15, 0.2) is 11.5 Å². The predicted octanol–water partition coefficient (Wildman–Crippen LogP) is 3.94. The molecule has 0 radical (unpaired) electrons. The topological polar surface area (TPSA) is 72.5 Å². The summed E-state index contributed by atoms with van der Waals surface area (Å²) in [6.07, 6.45) is 0. The zero-order valence-corrected chi connectivity index (χ0v) is 13.1. The van der Waals surface area contributed by atoms with Gasteiger partial charge in [-0.25, -0.2) is 0 Å². The highest BCUT2D eigenvalue weighted by atomic mass is 35.5.